The van der Waals surface area contributed by atoms with Crippen molar-refractivity contribution in [2.24, 2.45) is 0 Å². The van der Waals surface area contributed by atoms with Crippen LogP contribution in [0.15, 0.2) is 18.2 Å². The molecule has 0 aliphatic carbocycles. The van der Waals surface area contributed by atoms with Crippen LogP contribution in [-0.4, -0.2) is 6.61 Å². The van der Waals surface area contributed by atoms with Gasteiger partial charge in [-0.3, -0.25) is 0 Å². The fraction of sp³-hybridized carbons (Fsp3) is 0.571. The maximum atomic E-state index is 13.5. The van der Waals surface area contributed by atoms with E-state index in [2.05, 4.69) is 6.92 Å². The average molecular weight is 259 g/mol. The molecule has 0 amide bonds. The van der Waals surface area contributed by atoms with Crippen molar-refractivity contribution in [2.45, 2.75) is 44.9 Å². The first-order valence-corrected chi connectivity index (χ1v) is 6.79. The SMILES string of the molecule is CCCCCCCOc1c(F)cccc1CCl. The molecule has 0 aliphatic rings. The van der Waals surface area contributed by atoms with Crippen LogP contribution in [0.2, 0.25) is 0 Å². The summed E-state index contributed by atoms with van der Waals surface area (Å²) in [6.45, 7) is 2.75. The van der Waals surface area contributed by atoms with Gasteiger partial charge in [0.2, 0.25) is 0 Å². The van der Waals surface area contributed by atoms with Gasteiger partial charge in [-0.1, -0.05) is 44.7 Å². The molecule has 0 fully saturated rings. The molecule has 3 heteroatoms. The number of rotatable bonds is 8. The highest BCUT2D eigenvalue weighted by atomic mass is 35.5. The van der Waals surface area contributed by atoms with E-state index in [0.717, 1.165) is 18.4 Å². The number of benzene rings is 1. The predicted octanol–water partition coefficient (Wildman–Crippen LogP) is 4.91. The molecule has 0 bridgehead atoms. The number of hydrogen-bond donors (Lipinski definition) is 0. The molecule has 1 aromatic rings. The van der Waals surface area contributed by atoms with Crippen molar-refractivity contribution in [3.63, 3.8) is 0 Å². The summed E-state index contributed by atoms with van der Waals surface area (Å²) in [4.78, 5) is 0. The first kappa shape index (κ1) is 14.3. The largest absolute Gasteiger partial charge is 0.490 e. The van der Waals surface area contributed by atoms with Gasteiger partial charge in [-0.15, -0.1) is 11.6 Å². The van der Waals surface area contributed by atoms with Crippen molar-refractivity contribution in [3.8, 4) is 5.75 Å². The molecular formula is C14H20ClFO. The van der Waals surface area contributed by atoms with Crippen molar-refractivity contribution in [3.05, 3.63) is 29.6 Å². The minimum absolute atomic E-state index is 0.281. The van der Waals surface area contributed by atoms with Gasteiger partial charge in [-0.2, -0.15) is 0 Å². The zero-order valence-corrected chi connectivity index (χ0v) is 11.1. The monoisotopic (exact) mass is 258 g/mol. The Bertz CT molecular complexity index is 328. The van der Waals surface area contributed by atoms with Crippen molar-refractivity contribution in [1.29, 1.82) is 0 Å². The van der Waals surface area contributed by atoms with E-state index >= 15 is 0 Å². The molecule has 1 aromatic carbocycles. The van der Waals surface area contributed by atoms with Crippen LogP contribution < -0.4 is 4.74 Å². The molecule has 0 radical (unpaired) electrons. The van der Waals surface area contributed by atoms with Crippen LogP contribution in [0.5, 0.6) is 5.75 Å². The summed E-state index contributed by atoms with van der Waals surface area (Å²) in [7, 11) is 0. The number of para-hydroxylation sites is 1. The highest BCUT2D eigenvalue weighted by molar-refractivity contribution is 6.17. The third-order valence-corrected chi connectivity index (χ3v) is 2.97. The Kier molecular flexibility index (Phi) is 7.02. The van der Waals surface area contributed by atoms with Gasteiger partial charge in [0.1, 0.15) is 0 Å². The van der Waals surface area contributed by atoms with Crippen molar-refractivity contribution < 1.29 is 9.13 Å². The van der Waals surface area contributed by atoms with E-state index in [9.17, 15) is 4.39 Å². The molecule has 0 aromatic heterocycles. The smallest absolute Gasteiger partial charge is 0.165 e. The predicted molar refractivity (Wildman–Crippen MR) is 70.2 cm³/mol. The van der Waals surface area contributed by atoms with Crippen LogP contribution >= 0.6 is 11.6 Å². The Morgan fingerprint density at radius 2 is 1.94 bits per heavy atom. The lowest BCUT2D eigenvalue weighted by Gasteiger charge is -2.10. The van der Waals surface area contributed by atoms with E-state index in [1.165, 1.54) is 25.3 Å². The maximum absolute atomic E-state index is 13.5. The zero-order valence-electron chi connectivity index (χ0n) is 10.3. The molecule has 96 valence electrons. The van der Waals surface area contributed by atoms with Gasteiger partial charge in [0.15, 0.2) is 11.6 Å². The minimum atomic E-state index is -0.322. The second-order valence-corrected chi connectivity index (χ2v) is 4.39. The van der Waals surface area contributed by atoms with Crippen LogP contribution in [0.25, 0.3) is 0 Å². The molecule has 1 nitrogen and oxygen atoms in total. The molecule has 0 saturated heterocycles. The van der Waals surface area contributed by atoms with E-state index < -0.39 is 0 Å². The minimum Gasteiger partial charge on any atom is -0.490 e. The second-order valence-electron chi connectivity index (χ2n) is 4.12. The van der Waals surface area contributed by atoms with E-state index in [1.54, 1.807) is 12.1 Å². The summed E-state index contributed by atoms with van der Waals surface area (Å²) in [5, 5.41) is 0. The van der Waals surface area contributed by atoms with E-state index in [-0.39, 0.29) is 11.7 Å². The van der Waals surface area contributed by atoms with Crippen LogP contribution in [-0.2, 0) is 5.88 Å². The summed E-state index contributed by atoms with van der Waals surface area (Å²) < 4.78 is 19.0. The van der Waals surface area contributed by atoms with Crippen LogP contribution in [0, 0.1) is 5.82 Å². The molecular weight excluding hydrogens is 239 g/mol. The summed E-state index contributed by atoms with van der Waals surface area (Å²) in [6.07, 6.45) is 5.81. The Morgan fingerprint density at radius 1 is 1.18 bits per heavy atom. The first-order chi connectivity index (χ1) is 8.29. The molecule has 1 rings (SSSR count). The summed E-state index contributed by atoms with van der Waals surface area (Å²) in [6, 6.07) is 4.85. The topological polar surface area (TPSA) is 9.23 Å². The summed E-state index contributed by atoms with van der Waals surface area (Å²) >= 11 is 5.74. The standard InChI is InChI=1S/C14H20ClFO/c1-2-3-4-5-6-10-17-14-12(11-15)8-7-9-13(14)16/h7-9H,2-6,10-11H2,1H3. The van der Waals surface area contributed by atoms with Crippen LogP contribution in [0.4, 0.5) is 4.39 Å². The number of ether oxygens (including phenoxy) is 1. The maximum Gasteiger partial charge on any atom is 0.165 e. The van der Waals surface area contributed by atoms with Gasteiger partial charge in [0.25, 0.3) is 0 Å². The Morgan fingerprint density at radius 3 is 2.65 bits per heavy atom. The lowest BCUT2D eigenvalue weighted by molar-refractivity contribution is 0.288. The highest BCUT2D eigenvalue weighted by Crippen LogP contribution is 2.24. The number of alkyl halides is 1. The van der Waals surface area contributed by atoms with Gasteiger partial charge in [-0.05, 0) is 12.5 Å². The highest BCUT2D eigenvalue weighted by Gasteiger charge is 2.08. The number of unbranched alkanes of at least 4 members (excludes halogenated alkanes) is 4. The molecule has 0 saturated carbocycles. The van der Waals surface area contributed by atoms with Gasteiger partial charge in [0, 0.05) is 5.56 Å². The fourth-order valence-corrected chi connectivity index (χ4v) is 1.91. The lowest BCUT2D eigenvalue weighted by Crippen LogP contribution is -2.01. The number of hydrogen-bond acceptors (Lipinski definition) is 1. The third kappa shape index (κ3) is 4.95. The van der Waals surface area contributed by atoms with Gasteiger partial charge in [0.05, 0.1) is 12.5 Å². The van der Waals surface area contributed by atoms with E-state index in [4.69, 9.17) is 16.3 Å². The molecule has 17 heavy (non-hydrogen) atoms. The number of halogens is 2. The second kappa shape index (κ2) is 8.35. The molecule has 0 unspecified atom stereocenters. The third-order valence-electron chi connectivity index (χ3n) is 2.69. The molecule has 0 aliphatic heterocycles. The van der Waals surface area contributed by atoms with E-state index in [0.29, 0.717) is 12.4 Å². The normalized spacial score (nSPS) is 10.5. The first-order valence-electron chi connectivity index (χ1n) is 6.25. The molecule has 0 N–H and O–H groups in total. The van der Waals surface area contributed by atoms with Gasteiger partial charge < -0.3 is 4.74 Å². The fourth-order valence-electron chi connectivity index (χ4n) is 1.70. The van der Waals surface area contributed by atoms with E-state index in [1.807, 2.05) is 0 Å². The lowest BCUT2D eigenvalue weighted by atomic mass is 10.1. The average Bonchev–Trinajstić information content (AvgIpc) is 2.35. The zero-order chi connectivity index (χ0) is 12.5. The van der Waals surface area contributed by atoms with Crippen molar-refractivity contribution in [1.82, 2.24) is 0 Å². The summed E-state index contributed by atoms with van der Waals surface area (Å²) in [5.41, 5.74) is 0.722. The van der Waals surface area contributed by atoms with Crippen molar-refractivity contribution >= 4 is 11.6 Å². The molecule has 0 spiro atoms. The Balaban J connectivity index is 2.35. The summed E-state index contributed by atoms with van der Waals surface area (Å²) in [5.74, 6) is 0.276. The quantitative estimate of drug-likeness (QED) is 0.475. The van der Waals surface area contributed by atoms with Crippen molar-refractivity contribution in [2.75, 3.05) is 6.61 Å². The molecule has 0 atom stereocenters. The van der Waals surface area contributed by atoms with Gasteiger partial charge in [-0.25, -0.2) is 4.39 Å². The Hall–Kier alpha value is -0.760. The van der Waals surface area contributed by atoms with Gasteiger partial charge >= 0.3 is 0 Å². The van der Waals surface area contributed by atoms with Crippen LogP contribution in [0.1, 0.15) is 44.6 Å². The Labute approximate surface area is 108 Å². The van der Waals surface area contributed by atoms with Crippen LogP contribution in [0.3, 0.4) is 0 Å². The molecule has 0 heterocycles.